The molecule has 1 radical (unpaired) electrons. The van der Waals surface area contributed by atoms with Crippen molar-refractivity contribution in [3.05, 3.63) is 28.8 Å². The molecule has 1 heteroatoms. The Morgan fingerprint density at radius 1 is 1.20 bits per heavy atom. The van der Waals surface area contributed by atoms with Crippen molar-refractivity contribution < 1.29 is 0 Å². The maximum atomic E-state index is 3.27. The molecule has 0 saturated carbocycles. The van der Waals surface area contributed by atoms with Gasteiger partial charge in [-0.2, -0.15) is 0 Å². The van der Waals surface area contributed by atoms with Gasteiger partial charge in [0.05, 0.1) is 0 Å². The minimum atomic E-state index is 1.12. The summed E-state index contributed by atoms with van der Waals surface area (Å²) in [5.74, 6) is 0. The third kappa shape index (κ3) is 1.14. The van der Waals surface area contributed by atoms with Gasteiger partial charge in [-0.25, -0.2) is 0 Å². The molecule has 0 aliphatic carbocycles. The summed E-state index contributed by atoms with van der Waals surface area (Å²) in [6, 6.07) is 5.36. The fourth-order valence-electron chi connectivity index (χ4n) is 1.01. The van der Waals surface area contributed by atoms with Gasteiger partial charge in [-0.05, 0) is 43.5 Å². The molecule has 0 nitrogen and oxygen atoms in total. The van der Waals surface area contributed by atoms with Gasteiger partial charge in [0, 0.05) is 10.2 Å². The van der Waals surface area contributed by atoms with Crippen LogP contribution in [0.5, 0.6) is 0 Å². The van der Waals surface area contributed by atoms with Gasteiger partial charge in [-0.1, -0.05) is 11.3 Å². The number of hydrogen-bond acceptors (Lipinski definition) is 0. The Bertz CT molecular complexity index is 224. The average Bonchev–Trinajstić information content (AvgIpc) is 1.93. The second-order valence-electron chi connectivity index (χ2n) is 2.85. The molecule has 0 saturated heterocycles. The standard InChI is InChI=1S/C9H13Si/c1-6-4-5-9(10)8(3)7(6)2/h4H,1-3,10H3. The molecule has 0 spiro atoms. The summed E-state index contributed by atoms with van der Waals surface area (Å²) in [6.07, 6.45) is 0. The summed E-state index contributed by atoms with van der Waals surface area (Å²) < 4.78 is 0. The topological polar surface area (TPSA) is 0 Å². The Kier molecular flexibility index (Phi) is 1.95. The van der Waals surface area contributed by atoms with Crippen LogP contribution in [-0.4, -0.2) is 10.2 Å². The van der Waals surface area contributed by atoms with Crippen molar-refractivity contribution in [3.8, 4) is 0 Å². The molecule has 0 aromatic heterocycles. The van der Waals surface area contributed by atoms with Crippen molar-refractivity contribution in [2.75, 3.05) is 0 Å². The Hall–Kier alpha value is -0.563. The van der Waals surface area contributed by atoms with Crippen molar-refractivity contribution >= 4 is 15.4 Å². The maximum absolute atomic E-state index is 3.27. The van der Waals surface area contributed by atoms with E-state index in [2.05, 4.69) is 32.9 Å². The minimum absolute atomic E-state index is 1.12. The highest BCUT2D eigenvalue weighted by molar-refractivity contribution is 6.33. The van der Waals surface area contributed by atoms with Crippen LogP contribution in [0.4, 0.5) is 0 Å². The zero-order valence-corrected chi connectivity index (χ0v) is 9.08. The lowest BCUT2D eigenvalue weighted by Gasteiger charge is -2.05. The van der Waals surface area contributed by atoms with E-state index in [1.165, 1.54) is 21.9 Å². The second kappa shape index (κ2) is 2.58. The fourth-order valence-corrected chi connectivity index (χ4v) is 1.53. The lowest BCUT2D eigenvalue weighted by Crippen LogP contribution is -2.09. The Morgan fingerprint density at radius 2 is 1.80 bits per heavy atom. The first-order valence-electron chi connectivity index (χ1n) is 3.58. The van der Waals surface area contributed by atoms with E-state index in [-0.39, 0.29) is 0 Å². The van der Waals surface area contributed by atoms with Gasteiger partial charge >= 0.3 is 0 Å². The van der Waals surface area contributed by atoms with Crippen molar-refractivity contribution in [2.45, 2.75) is 20.8 Å². The van der Waals surface area contributed by atoms with Crippen LogP contribution in [0.3, 0.4) is 0 Å². The first-order valence-corrected chi connectivity index (χ1v) is 4.58. The van der Waals surface area contributed by atoms with Gasteiger partial charge in [0.1, 0.15) is 0 Å². The van der Waals surface area contributed by atoms with Crippen LogP contribution in [-0.2, 0) is 0 Å². The molecule has 0 atom stereocenters. The molecule has 0 aliphatic heterocycles. The normalized spacial score (nSPS) is 10.3. The highest BCUT2D eigenvalue weighted by Gasteiger charge is 1.97. The van der Waals surface area contributed by atoms with Crippen LogP contribution in [0.1, 0.15) is 16.7 Å². The third-order valence-electron chi connectivity index (χ3n) is 2.22. The quantitative estimate of drug-likeness (QED) is 0.469. The predicted octanol–water partition coefficient (Wildman–Crippen LogP) is 0.403. The summed E-state index contributed by atoms with van der Waals surface area (Å²) in [7, 11) is 1.12. The maximum Gasteiger partial charge on any atom is 0.0396 e. The molecule has 1 aromatic rings. The van der Waals surface area contributed by atoms with Crippen LogP contribution >= 0.6 is 0 Å². The molecule has 10 heavy (non-hydrogen) atoms. The van der Waals surface area contributed by atoms with E-state index in [0.29, 0.717) is 0 Å². The Balaban J connectivity index is 3.34. The zero-order chi connectivity index (χ0) is 7.72. The molecule has 0 N–H and O–H groups in total. The van der Waals surface area contributed by atoms with E-state index in [1.54, 1.807) is 0 Å². The van der Waals surface area contributed by atoms with E-state index in [1.807, 2.05) is 0 Å². The SMILES string of the molecule is Cc1c[c]c([SiH3])c(C)c1C. The summed E-state index contributed by atoms with van der Waals surface area (Å²) in [5, 5.41) is 1.41. The monoisotopic (exact) mass is 149 g/mol. The van der Waals surface area contributed by atoms with E-state index in [0.717, 1.165) is 10.2 Å². The molecule has 0 amide bonds. The van der Waals surface area contributed by atoms with E-state index >= 15 is 0 Å². The fraction of sp³-hybridized carbons (Fsp3) is 0.333. The molecular formula is C9H13Si. The molecule has 0 aliphatic rings. The van der Waals surface area contributed by atoms with Crippen LogP contribution in [0.25, 0.3) is 0 Å². The number of hydrogen-bond donors (Lipinski definition) is 0. The van der Waals surface area contributed by atoms with Crippen molar-refractivity contribution in [1.29, 1.82) is 0 Å². The van der Waals surface area contributed by atoms with Gasteiger partial charge in [-0.15, -0.1) is 0 Å². The first-order chi connectivity index (χ1) is 4.63. The summed E-state index contributed by atoms with van der Waals surface area (Å²) in [5.41, 5.74) is 4.23. The van der Waals surface area contributed by atoms with Crippen LogP contribution < -0.4 is 5.19 Å². The first kappa shape index (κ1) is 7.54. The van der Waals surface area contributed by atoms with Gasteiger partial charge in [-0.3, -0.25) is 0 Å². The highest BCUT2D eigenvalue weighted by atomic mass is 28.1. The van der Waals surface area contributed by atoms with Gasteiger partial charge in [0.15, 0.2) is 0 Å². The Morgan fingerprint density at radius 3 is 2.30 bits per heavy atom. The number of aryl methyl sites for hydroxylation is 1. The zero-order valence-electron chi connectivity index (χ0n) is 7.08. The van der Waals surface area contributed by atoms with Gasteiger partial charge in [0.25, 0.3) is 0 Å². The van der Waals surface area contributed by atoms with Crippen LogP contribution in [0.2, 0.25) is 0 Å². The smallest absolute Gasteiger partial charge is 0.0396 e. The molecular weight excluding hydrogens is 136 g/mol. The predicted molar refractivity (Wildman–Crippen MR) is 49.1 cm³/mol. The van der Waals surface area contributed by atoms with E-state index in [9.17, 15) is 0 Å². The van der Waals surface area contributed by atoms with Crippen molar-refractivity contribution in [1.82, 2.24) is 0 Å². The lowest BCUT2D eigenvalue weighted by molar-refractivity contribution is 1.28. The highest BCUT2D eigenvalue weighted by Crippen LogP contribution is 2.07. The molecule has 1 aromatic carbocycles. The number of benzene rings is 1. The summed E-state index contributed by atoms with van der Waals surface area (Å²) >= 11 is 0. The number of rotatable bonds is 0. The molecule has 0 bridgehead atoms. The second-order valence-corrected chi connectivity index (χ2v) is 3.85. The van der Waals surface area contributed by atoms with Crippen molar-refractivity contribution in [3.63, 3.8) is 0 Å². The lowest BCUT2D eigenvalue weighted by atomic mass is 10.1. The molecule has 0 fully saturated rings. The Labute approximate surface area is 65.7 Å². The average molecular weight is 149 g/mol. The molecule has 0 unspecified atom stereocenters. The van der Waals surface area contributed by atoms with Gasteiger partial charge in [0.2, 0.25) is 0 Å². The third-order valence-corrected chi connectivity index (χ3v) is 3.26. The van der Waals surface area contributed by atoms with E-state index < -0.39 is 0 Å². The van der Waals surface area contributed by atoms with Crippen LogP contribution in [0.15, 0.2) is 6.07 Å². The van der Waals surface area contributed by atoms with Crippen LogP contribution in [0, 0.1) is 26.8 Å². The largest absolute Gasteiger partial charge is 0.0600 e. The molecule has 1 rings (SSSR count). The van der Waals surface area contributed by atoms with Gasteiger partial charge < -0.3 is 0 Å². The van der Waals surface area contributed by atoms with Crippen molar-refractivity contribution in [2.24, 2.45) is 0 Å². The minimum Gasteiger partial charge on any atom is -0.0600 e. The van der Waals surface area contributed by atoms with E-state index in [4.69, 9.17) is 0 Å². The molecule has 0 heterocycles. The summed E-state index contributed by atoms with van der Waals surface area (Å²) in [4.78, 5) is 0. The molecule has 53 valence electrons. The summed E-state index contributed by atoms with van der Waals surface area (Å²) in [6.45, 7) is 6.50.